The van der Waals surface area contributed by atoms with Gasteiger partial charge in [-0.15, -0.1) is 11.3 Å². The van der Waals surface area contributed by atoms with Crippen LogP contribution >= 0.6 is 11.3 Å². The lowest BCUT2D eigenvalue weighted by molar-refractivity contribution is 0.0601. The third-order valence-electron chi connectivity index (χ3n) is 1.37. The number of esters is 1. The van der Waals surface area contributed by atoms with Crippen molar-refractivity contribution in [2.24, 2.45) is 0 Å². The molecule has 0 aliphatic rings. The molecule has 3 nitrogen and oxygen atoms in total. The van der Waals surface area contributed by atoms with Gasteiger partial charge in [0, 0.05) is 5.38 Å². The number of ether oxygens (including phenoxy) is 1. The molecule has 1 rings (SSSR count). The second-order valence-corrected chi connectivity index (χ2v) is 3.16. The van der Waals surface area contributed by atoms with E-state index in [-0.39, 0.29) is 5.78 Å². The van der Waals surface area contributed by atoms with E-state index in [0.717, 1.165) is 0 Å². The Morgan fingerprint density at radius 1 is 1.50 bits per heavy atom. The Balaban J connectivity index is 2.91. The van der Waals surface area contributed by atoms with Crippen LogP contribution in [0.15, 0.2) is 11.4 Å². The van der Waals surface area contributed by atoms with Gasteiger partial charge in [-0.1, -0.05) is 0 Å². The highest BCUT2D eigenvalue weighted by Gasteiger charge is 2.10. The van der Waals surface area contributed by atoms with Gasteiger partial charge in [-0.25, -0.2) is 4.79 Å². The summed E-state index contributed by atoms with van der Waals surface area (Å²) in [6, 6.07) is 1.54. The van der Waals surface area contributed by atoms with Gasteiger partial charge < -0.3 is 4.74 Å². The van der Waals surface area contributed by atoms with Gasteiger partial charge in [0.05, 0.1) is 17.6 Å². The zero-order valence-electron chi connectivity index (χ0n) is 6.79. The van der Waals surface area contributed by atoms with Crippen molar-refractivity contribution in [2.45, 2.75) is 6.92 Å². The summed E-state index contributed by atoms with van der Waals surface area (Å²) in [6.45, 7) is 1.47. The Morgan fingerprint density at radius 2 is 2.17 bits per heavy atom. The number of carbonyl (C=O) groups excluding carboxylic acids is 2. The summed E-state index contributed by atoms with van der Waals surface area (Å²) in [6.07, 6.45) is 0. The average molecular weight is 184 g/mol. The lowest BCUT2D eigenvalue weighted by Crippen LogP contribution is -1.98. The molecule has 0 aliphatic heterocycles. The molecule has 0 fully saturated rings. The fourth-order valence-corrected chi connectivity index (χ4v) is 1.52. The van der Waals surface area contributed by atoms with Crippen molar-refractivity contribution < 1.29 is 14.3 Å². The minimum atomic E-state index is -0.404. The first kappa shape index (κ1) is 8.93. The van der Waals surface area contributed by atoms with Gasteiger partial charge in [-0.05, 0) is 13.0 Å². The molecule has 1 aromatic heterocycles. The molecule has 0 radical (unpaired) electrons. The molecule has 64 valence electrons. The van der Waals surface area contributed by atoms with E-state index in [9.17, 15) is 9.59 Å². The van der Waals surface area contributed by atoms with Crippen LogP contribution in [0.1, 0.15) is 27.0 Å². The highest BCUT2D eigenvalue weighted by Crippen LogP contribution is 2.15. The molecule has 0 aromatic carbocycles. The summed E-state index contributed by atoms with van der Waals surface area (Å²) in [5, 5.41) is 1.61. The largest absolute Gasteiger partial charge is 0.465 e. The van der Waals surface area contributed by atoms with Crippen molar-refractivity contribution in [2.75, 3.05) is 7.11 Å². The van der Waals surface area contributed by atoms with E-state index in [1.54, 1.807) is 11.4 Å². The number of thiophene rings is 1. The van der Waals surface area contributed by atoms with Crippen LogP contribution in [-0.4, -0.2) is 18.9 Å². The van der Waals surface area contributed by atoms with Crippen LogP contribution in [0.4, 0.5) is 0 Å². The molecule has 0 bridgehead atoms. The fourth-order valence-electron chi connectivity index (χ4n) is 0.746. The van der Waals surface area contributed by atoms with E-state index >= 15 is 0 Å². The SMILES string of the molecule is COC(=O)c1csc(C(C)=O)c1. The van der Waals surface area contributed by atoms with Crippen molar-refractivity contribution in [1.82, 2.24) is 0 Å². The van der Waals surface area contributed by atoms with E-state index in [2.05, 4.69) is 4.74 Å². The maximum Gasteiger partial charge on any atom is 0.338 e. The van der Waals surface area contributed by atoms with Crippen molar-refractivity contribution in [1.29, 1.82) is 0 Å². The molecule has 0 N–H and O–H groups in total. The molecule has 0 aliphatic carbocycles. The molecule has 0 spiro atoms. The number of rotatable bonds is 2. The zero-order valence-corrected chi connectivity index (χ0v) is 7.60. The molecule has 0 unspecified atom stereocenters. The van der Waals surface area contributed by atoms with E-state index in [4.69, 9.17) is 0 Å². The van der Waals surface area contributed by atoms with Gasteiger partial charge in [-0.3, -0.25) is 4.79 Å². The molecule has 1 heterocycles. The van der Waals surface area contributed by atoms with E-state index in [1.165, 1.54) is 25.4 Å². The molecular formula is C8H8O3S. The van der Waals surface area contributed by atoms with Crippen LogP contribution in [-0.2, 0) is 4.74 Å². The van der Waals surface area contributed by atoms with E-state index < -0.39 is 5.97 Å². The summed E-state index contributed by atoms with van der Waals surface area (Å²) in [4.78, 5) is 22.3. The Bertz CT molecular complexity index is 314. The van der Waals surface area contributed by atoms with Crippen LogP contribution in [0, 0.1) is 0 Å². The fraction of sp³-hybridized carbons (Fsp3) is 0.250. The smallest absolute Gasteiger partial charge is 0.338 e. The van der Waals surface area contributed by atoms with Crippen LogP contribution in [0.5, 0.6) is 0 Å². The second kappa shape index (κ2) is 3.49. The molecule has 0 amide bonds. The van der Waals surface area contributed by atoms with Gasteiger partial charge in [0.2, 0.25) is 0 Å². The maximum absolute atomic E-state index is 10.9. The first-order valence-corrected chi connectivity index (χ1v) is 4.21. The molecule has 4 heteroatoms. The monoisotopic (exact) mass is 184 g/mol. The lowest BCUT2D eigenvalue weighted by Gasteiger charge is -1.91. The Hall–Kier alpha value is -1.16. The standard InChI is InChI=1S/C8H8O3S/c1-5(9)7-3-6(4-12-7)8(10)11-2/h3-4H,1-2H3. The van der Waals surface area contributed by atoms with E-state index in [1.807, 2.05) is 0 Å². The van der Waals surface area contributed by atoms with Gasteiger partial charge in [0.1, 0.15) is 0 Å². The number of hydrogen-bond acceptors (Lipinski definition) is 4. The zero-order chi connectivity index (χ0) is 9.14. The van der Waals surface area contributed by atoms with Crippen LogP contribution in [0.25, 0.3) is 0 Å². The van der Waals surface area contributed by atoms with Gasteiger partial charge in [-0.2, -0.15) is 0 Å². The number of carbonyl (C=O) groups is 2. The molecular weight excluding hydrogens is 176 g/mol. The summed E-state index contributed by atoms with van der Waals surface area (Å²) < 4.78 is 4.49. The Morgan fingerprint density at radius 3 is 2.58 bits per heavy atom. The number of hydrogen-bond donors (Lipinski definition) is 0. The Kier molecular flexibility index (Phi) is 2.60. The first-order valence-electron chi connectivity index (χ1n) is 3.33. The summed E-state index contributed by atoms with van der Waals surface area (Å²) in [5.41, 5.74) is 0.438. The van der Waals surface area contributed by atoms with E-state index in [0.29, 0.717) is 10.4 Å². The summed E-state index contributed by atoms with van der Waals surface area (Å²) in [5.74, 6) is -0.436. The minimum absolute atomic E-state index is 0.0323. The molecule has 12 heavy (non-hydrogen) atoms. The van der Waals surface area contributed by atoms with Crippen molar-refractivity contribution in [3.05, 3.63) is 21.9 Å². The van der Waals surface area contributed by atoms with Crippen LogP contribution in [0.3, 0.4) is 0 Å². The number of Topliss-reactive ketones (excluding diaryl/α,β-unsaturated/α-hetero) is 1. The van der Waals surface area contributed by atoms with Gasteiger partial charge >= 0.3 is 5.97 Å². The maximum atomic E-state index is 10.9. The second-order valence-electron chi connectivity index (χ2n) is 2.25. The van der Waals surface area contributed by atoms with Crippen LogP contribution < -0.4 is 0 Å². The van der Waals surface area contributed by atoms with Crippen molar-refractivity contribution in [3.8, 4) is 0 Å². The normalized spacial score (nSPS) is 9.50. The minimum Gasteiger partial charge on any atom is -0.465 e. The third kappa shape index (κ3) is 1.71. The van der Waals surface area contributed by atoms with Crippen molar-refractivity contribution >= 4 is 23.1 Å². The highest BCUT2D eigenvalue weighted by atomic mass is 32.1. The quantitative estimate of drug-likeness (QED) is 0.519. The summed E-state index contributed by atoms with van der Waals surface area (Å²) >= 11 is 1.25. The molecule has 0 saturated heterocycles. The van der Waals surface area contributed by atoms with Crippen molar-refractivity contribution in [3.63, 3.8) is 0 Å². The summed E-state index contributed by atoms with van der Waals surface area (Å²) in [7, 11) is 1.31. The van der Waals surface area contributed by atoms with Crippen LogP contribution in [0.2, 0.25) is 0 Å². The predicted octanol–water partition coefficient (Wildman–Crippen LogP) is 1.74. The highest BCUT2D eigenvalue weighted by molar-refractivity contribution is 7.12. The number of ketones is 1. The average Bonchev–Trinajstić information content (AvgIpc) is 2.51. The third-order valence-corrected chi connectivity index (χ3v) is 2.40. The molecule has 0 atom stereocenters. The van der Waals surface area contributed by atoms with Gasteiger partial charge in [0.25, 0.3) is 0 Å². The first-order chi connectivity index (χ1) is 5.65. The molecule has 0 saturated carbocycles. The molecule has 1 aromatic rings. The topological polar surface area (TPSA) is 43.4 Å². The lowest BCUT2D eigenvalue weighted by atomic mass is 10.3. The predicted molar refractivity (Wildman–Crippen MR) is 45.7 cm³/mol. The Labute approximate surface area is 74.0 Å². The van der Waals surface area contributed by atoms with Gasteiger partial charge in [0.15, 0.2) is 5.78 Å². The number of methoxy groups -OCH3 is 1.